The maximum atomic E-state index is 11.2. The molecule has 0 spiro atoms. The van der Waals surface area contributed by atoms with Crippen LogP contribution in [-0.4, -0.2) is 22.6 Å². The first kappa shape index (κ1) is 8.74. The van der Waals surface area contributed by atoms with E-state index in [1.165, 1.54) is 7.11 Å². The number of hydrogen-bond donors (Lipinski definition) is 0. The van der Waals surface area contributed by atoms with E-state index in [0.717, 1.165) is 10.9 Å². The number of ether oxygens (including phenoxy) is 1. The third-order valence-corrected chi connectivity index (χ3v) is 2.17. The van der Waals surface area contributed by atoms with E-state index < -0.39 is 5.97 Å². The van der Waals surface area contributed by atoms with Crippen LogP contribution >= 0.6 is 0 Å². The van der Waals surface area contributed by atoms with Gasteiger partial charge in [0.05, 0.1) is 18.8 Å². The summed E-state index contributed by atoms with van der Waals surface area (Å²) in [6.07, 6.45) is 3.59. The topological polar surface area (TPSA) is 44.1 Å². The van der Waals surface area contributed by atoms with Gasteiger partial charge in [0.1, 0.15) is 5.69 Å². The number of carbonyl (C=O) groups is 1. The molecule has 2 heterocycles. The van der Waals surface area contributed by atoms with Crippen molar-refractivity contribution in [3.05, 3.63) is 30.2 Å². The Morgan fingerprint density at radius 1 is 1.57 bits per heavy atom. The Kier molecular flexibility index (Phi) is 1.96. The molecule has 0 aliphatic heterocycles. The van der Waals surface area contributed by atoms with Crippen molar-refractivity contribution in [3.63, 3.8) is 0 Å². The number of fused-ring (bicyclic) bond motifs is 1. The molecular weight excluding hydrogens is 180 g/mol. The molecule has 0 aliphatic carbocycles. The number of aryl methyl sites for hydroxylation is 1. The summed E-state index contributed by atoms with van der Waals surface area (Å²) in [5.74, 6) is -0.407. The molecule has 0 amide bonds. The van der Waals surface area contributed by atoms with Gasteiger partial charge in [-0.3, -0.25) is 0 Å². The molecule has 72 valence electrons. The number of esters is 1. The number of carbonyl (C=O) groups excluding carboxylic acids is 1. The van der Waals surface area contributed by atoms with Crippen molar-refractivity contribution < 1.29 is 9.53 Å². The van der Waals surface area contributed by atoms with Crippen LogP contribution in [0, 0.1) is 0 Å². The van der Waals surface area contributed by atoms with E-state index >= 15 is 0 Å². The maximum Gasteiger partial charge on any atom is 0.356 e. The minimum Gasteiger partial charge on any atom is -0.464 e. The molecule has 0 saturated carbocycles. The highest BCUT2D eigenvalue weighted by atomic mass is 16.5. The molecule has 2 rings (SSSR count). The first-order chi connectivity index (χ1) is 6.72. The second kappa shape index (κ2) is 3.14. The van der Waals surface area contributed by atoms with E-state index in [1.807, 2.05) is 23.9 Å². The van der Waals surface area contributed by atoms with Crippen LogP contribution in [0.15, 0.2) is 24.5 Å². The number of aromatic nitrogens is 2. The van der Waals surface area contributed by atoms with Gasteiger partial charge >= 0.3 is 5.97 Å². The summed E-state index contributed by atoms with van der Waals surface area (Å²) in [6, 6.07) is 3.66. The molecular formula is C10H10N2O2. The lowest BCUT2D eigenvalue weighted by Crippen LogP contribution is -2.03. The SMILES string of the molecule is COC(=O)c1cc2ccn(C)c2cn1. The van der Waals surface area contributed by atoms with Gasteiger partial charge in [0.2, 0.25) is 0 Å². The fourth-order valence-electron chi connectivity index (χ4n) is 1.38. The van der Waals surface area contributed by atoms with E-state index in [4.69, 9.17) is 0 Å². The van der Waals surface area contributed by atoms with Crippen LogP contribution in [0.25, 0.3) is 10.9 Å². The smallest absolute Gasteiger partial charge is 0.356 e. The van der Waals surface area contributed by atoms with E-state index in [1.54, 1.807) is 12.3 Å². The van der Waals surface area contributed by atoms with Gasteiger partial charge in [-0.1, -0.05) is 0 Å². The predicted molar refractivity (Wildman–Crippen MR) is 52.1 cm³/mol. The van der Waals surface area contributed by atoms with Gasteiger partial charge in [-0.25, -0.2) is 9.78 Å². The summed E-state index contributed by atoms with van der Waals surface area (Å²) < 4.78 is 6.53. The standard InChI is InChI=1S/C10H10N2O2/c1-12-4-3-7-5-8(10(13)14-2)11-6-9(7)12/h3-6H,1-2H3. The Labute approximate surface area is 81.1 Å². The van der Waals surface area contributed by atoms with Crippen molar-refractivity contribution >= 4 is 16.9 Å². The lowest BCUT2D eigenvalue weighted by atomic mass is 10.2. The zero-order valence-corrected chi connectivity index (χ0v) is 8.02. The minimum atomic E-state index is -0.407. The number of rotatable bonds is 1. The summed E-state index contributed by atoms with van der Waals surface area (Å²) in [5.41, 5.74) is 1.34. The van der Waals surface area contributed by atoms with Crippen LogP contribution in [0.2, 0.25) is 0 Å². The molecule has 0 atom stereocenters. The van der Waals surface area contributed by atoms with Crippen LogP contribution in [0.1, 0.15) is 10.5 Å². The highest BCUT2D eigenvalue weighted by molar-refractivity contribution is 5.92. The summed E-state index contributed by atoms with van der Waals surface area (Å²) >= 11 is 0. The Morgan fingerprint density at radius 2 is 2.36 bits per heavy atom. The van der Waals surface area contributed by atoms with Crippen molar-refractivity contribution in [2.45, 2.75) is 0 Å². The van der Waals surface area contributed by atoms with Crippen molar-refractivity contribution in [2.24, 2.45) is 7.05 Å². The van der Waals surface area contributed by atoms with Gasteiger partial charge in [0.25, 0.3) is 0 Å². The summed E-state index contributed by atoms with van der Waals surface area (Å²) in [7, 11) is 3.28. The second-order valence-corrected chi connectivity index (χ2v) is 3.05. The molecule has 4 heteroatoms. The lowest BCUT2D eigenvalue weighted by molar-refractivity contribution is 0.0594. The monoisotopic (exact) mass is 190 g/mol. The first-order valence-corrected chi connectivity index (χ1v) is 4.22. The molecule has 0 N–H and O–H groups in total. The molecule has 0 radical (unpaired) electrons. The predicted octanol–water partition coefficient (Wildman–Crippen LogP) is 1.36. The highest BCUT2D eigenvalue weighted by Crippen LogP contribution is 2.14. The van der Waals surface area contributed by atoms with Crippen molar-refractivity contribution in [1.29, 1.82) is 0 Å². The van der Waals surface area contributed by atoms with Crippen LogP contribution < -0.4 is 0 Å². The van der Waals surface area contributed by atoms with Crippen LogP contribution in [0.4, 0.5) is 0 Å². The van der Waals surface area contributed by atoms with E-state index in [0.29, 0.717) is 5.69 Å². The van der Waals surface area contributed by atoms with Crippen LogP contribution in [0.5, 0.6) is 0 Å². The fraction of sp³-hybridized carbons (Fsp3) is 0.200. The van der Waals surface area contributed by atoms with Gasteiger partial charge in [-0.15, -0.1) is 0 Å². The average Bonchev–Trinajstić information content (AvgIpc) is 2.59. The van der Waals surface area contributed by atoms with Crippen molar-refractivity contribution in [3.8, 4) is 0 Å². The minimum absolute atomic E-state index is 0.339. The quantitative estimate of drug-likeness (QED) is 0.638. The van der Waals surface area contributed by atoms with Gasteiger partial charge < -0.3 is 9.30 Å². The summed E-state index contributed by atoms with van der Waals surface area (Å²) in [5, 5.41) is 0.989. The second-order valence-electron chi connectivity index (χ2n) is 3.05. The number of hydrogen-bond acceptors (Lipinski definition) is 3. The zero-order valence-electron chi connectivity index (χ0n) is 8.02. The van der Waals surface area contributed by atoms with Crippen LogP contribution in [0.3, 0.4) is 0 Å². The summed E-state index contributed by atoms with van der Waals surface area (Å²) in [6.45, 7) is 0. The Balaban J connectivity index is 2.57. The molecule has 0 bridgehead atoms. The molecule has 0 saturated heterocycles. The largest absolute Gasteiger partial charge is 0.464 e. The Bertz CT molecular complexity index is 488. The zero-order chi connectivity index (χ0) is 10.1. The highest BCUT2D eigenvalue weighted by Gasteiger charge is 2.08. The maximum absolute atomic E-state index is 11.2. The molecule has 0 fully saturated rings. The Hall–Kier alpha value is -1.84. The molecule has 2 aromatic rings. The van der Waals surface area contributed by atoms with Gasteiger partial charge in [0, 0.05) is 18.6 Å². The van der Waals surface area contributed by atoms with Crippen molar-refractivity contribution in [2.75, 3.05) is 7.11 Å². The van der Waals surface area contributed by atoms with Crippen molar-refractivity contribution in [1.82, 2.24) is 9.55 Å². The molecule has 0 unspecified atom stereocenters. The fourth-order valence-corrected chi connectivity index (χ4v) is 1.38. The van der Waals surface area contributed by atoms with Gasteiger partial charge in [-0.05, 0) is 12.1 Å². The summed E-state index contributed by atoms with van der Waals surface area (Å²) in [4.78, 5) is 15.2. The lowest BCUT2D eigenvalue weighted by Gasteiger charge is -1.99. The number of nitrogens with zero attached hydrogens (tertiary/aromatic N) is 2. The molecule has 0 aliphatic rings. The average molecular weight is 190 g/mol. The van der Waals surface area contributed by atoms with E-state index in [-0.39, 0.29) is 0 Å². The molecule has 0 aromatic carbocycles. The van der Waals surface area contributed by atoms with Crippen LogP contribution in [-0.2, 0) is 11.8 Å². The third kappa shape index (κ3) is 1.25. The van der Waals surface area contributed by atoms with Gasteiger partial charge in [-0.2, -0.15) is 0 Å². The normalized spacial score (nSPS) is 10.4. The van der Waals surface area contributed by atoms with Gasteiger partial charge in [0.15, 0.2) is 0 Å². The number of pyridine rings is 1. The van der Waals surface area contributed by atoms with E-state index in [9.17, 15) is 4.79 Å². The van der Waals surface area contributed by atoms with E-state index in [2.05, 4.69) is 9.72 Å². The first-order valence-electron chi connectivity index (χ1n) is 4.22. The third-order valence-electron chi connectivity index (χ3n) is 2.17. The molecule has 2 aromatic heterocycles. The number of methoxy groups -OCH3 is 1. The Morgan fingerprint density at radius 3 is 3.07 bits per heavy atom. The molecule has 4 nitrogen and oxygen atoms in total. The molecule has 14 heavy (non-hydrogen) atoms.